The third-order valence-corrected chi connectivity index (χ3v) is 5.20. The molecule has 4 aromatic rings. The van der Waals surface area contributed by atoms with Crippen molar-refractivity contribution in [3.8, 4) is 11.3 Å². The number of benzene rings is 1. The van der Waals surface area contributed by atoms with E-state index in [1.54, 1.807) is 51.1 Å². The van der Waals surface area contributed by atoms with E-state index in [0.717, 1.165) is 16.5 Å². The van der Waals surface area contributed by atoms with Gasteiger partial charge in [-0.1, -0.05) is 12.1 Å². The molecule has 0 aliphatic heterocycles. The maximum atomic E-state index is 12.5. The minimum absolute atomic E-state index is 0.0239. The van der Waals surface area contributed by atoms with Crippen LogP contribution in [0.1, 0.15) is 32.0 Å². The molecule has 0 atom stereocenters. The third-order valence-electron chi connectivity index (χ3n) is 5.20. The lowest BCUT2D eigenvalue weighted by molar-refractivity contribution is -0.385. The number of rotatable bonds is 6. The van der Waals surface area contributed by atoms with Gasteiger partial charge < -0.3 is 4.74 Å². The van der Waals surface area contributed by atoms with Crippen molar-refractivity contribution in [2.24, 2.45) is 7.05 Å². The summed E-state index contributed by atoms with van der Waals surface area (Å²) >= 11 is 0. The summed E-state index contributed by atoms with van der Waals surface area (Å²) in [5.41, 5.74) is 2.28. The third kappa shape index (κ3) is 5.78. The number of hydrogen-bond acceptors (Lipinski definition) is 7. The Morgan fingerprint density at radius 3 is 2.69 bits per heavy atom. The predicted molar refractivity (Wildman–Crippen MR) is 132 cm³/mol. The molecule has 3 aromatic heterocycles. The van der Waals surface area contributed by atoms with Gasteiger partial charge in [-0.2, -0.15) is 5.10 Å². The van der Waals surface area contributed by atoms with E-state index in [0.29, 0.717) is 24.1 Å². The zero-order valence-corrected chi connectivity index (χ0v) is 20.0. The Labute approximate surface area is 202 Å². The monoisotopic (exact) mass is 474 g/mol. The molecule has 10 heteroatoms. The van der Waals surface area contributed by atoms with Crippen molar-refractivity contribution in [3.63, 3.8) is 0 Å². The second-order valence-electron chi connectivity index (χ2n) is 9.17. The van der Waals surface area contributed by atoms with E-state index in [1.165, 1.54) is 6.07 Å². The van der Waals surface area contributed by atoms with E-state index in [-0.39, 0.29) is 17.1 Å². The second-order valence-corrected chi connectivity index (χ2v) is 9.17. The van der Waals surface area contributed by atoms with Crippen molar-refractivity contribution in [1.82, 2.24) is 19.7 Å². The molecule has 4 rings (SSSR count). The van der Waals surface area contributed by atoms with E-state index in [2.05, 4.69) is 20.4 Å². The Morgan fingerprint density at radius 1 is 1.20 bits per heavy atom. The van der Waals surface area contributed by atoms with E-state index >= 15 is 0 Å². The lowest BCUT2D eigenvalue weighted by Gasteiger charge is -2.20. The van der Waals surface area contributed by atoms with Gasteiger partial charge in [0.05, 0.1) is 22.3 Å². The van der Waals surface area contributed by atoms with Crippen LogP contribution in [0.2, 0.25) is 0 Å². The summed E-state index contributed by atoms with van der Waals surface area (Å²) in [5.74, 6) is 0. The van der Waals surface area contributed by atoms with Gasteiger partial charge in [0, 0.05) is 36.8 Å². The van der Waals surface area contributed by atoms with Crippen molar-refractivity contribution < 1.29 is 14.5 Å². The number of hydrogen-bond donors (Lipinski definition) is 1. The highest BCUT2D eigenvalue weighted by Gasteiger charge is 2.26. The van der Waals surface area contributed by atoms with Crippen LogP contribution in [0, 0.1) is 10.1 Å². The van der Waals surface area contributed by atoms with Crippen LogP contribution in [0.15, 0.2) is 55.0 Å². The lowest BCUT2D eigenvalue weighted by atomic mass is 10.0. The molecule has 35 heavy (non-hydrogen) atoms. The first-order chi connectivity index (χ1) is 16.6. The second kappa shape index (κ2) is 9.49. The number of fused-ring (bicyclic) bond motifs is 1. The number of ether oxygens (including phenoxy) is 1. The van der Waals surface area contributed by atoms with E-state index < -0.39 is 16.6 Å². The maximum Gasteiger partial charge on any atom is 0.412 e. The fourth-order valence-electron chi connectivity index (χ4n) is 3.72. The number of anilines is 1. The summed E-state index contributed by atoms with van der Waals surface area (Å²) in [6.07, 6.45) is 5.13. The number of nitrogens with one attached hydrogen (secondary N) is 1. The van der Waals surface area contributed by atoms with Crippen molar-refractivity contribution in [2.45, 2.75) is 39.2 Å². The zero-order valence-electron chi connectivity index (χ0n) is 20.0. The standard InChI is InChI=1S/C25H26N6O4/c1-25(2,3)35-24(32)29-22-13-21(18-14-27-30(4)15-18)28-20(23(22)31(33)34)10-8-16-7-9-19-17(12-16)6-5-11-26-19/h5-7,9,11-15H,8,10H2,1-4H3,(H,28,29,32). The molecule has 0 aliphatic carbocycles. The number of aryl methyl sites for hydroxylation is 3. The van der Waals surface area contributed by atoms with Gasteiger partial charge in [0.25, 0.3) is 0 Å². The Hall–Kier alpha value is -4.34. The van der Waals surface area contributed by atoms with Crippen LogP contribution in [0.25, 0.3) is 22.2 Å². The first-order valence-electron chi connectivity index (χ1n) is 11.1. The number of amides is 1. The molecular formula is C25H26N6O4. The molecule has 0 unspecified atom stereocenters. The van der Waals surface area contributed by atoms with Crippen molar-refractivity contribution in [1.29, 1.82) is 0 Å². The summed E-state index contributed by atoms with van der Waals surface area (Å²) in [4.78, 5) is 33.0. The Bertz CT molecular complexity index is 1410. The van der Waals surface area contributed by atoms with Gasteiger partial charge in [0.1, 0.15) is 17.0 Å². The lowest BCUT2D eigenvalue weighted by Crippen LogP contribution is -2.27. The highest BCUT2D eigenvalue weighted by atomic mass is 16.6. The first kappa shape index (κ1) is 23.8. The number of nitrogens with zero attached hydrogens (tertiary/aromatic N) is 5. The molecular weight excluding hydrogens is 448 g/mol. The van der Waals surface area contributed by atoms with Gasteiger partial charge in [-0.15, -0.1) is 0 Å². The molecule has 0 fully saturated rings. The van der Waals surface area contributed by atoms with Crippen LogP contribution in [0.3, 0.4) is 0 Å². The summed E-state index contributed by atoms with van der Waals surface area (Å²) in [6, 6.07) is 11.2. The molecule has 0 saturated heterocycles. The van der Waals surface area contributed by atoms with Crippen LogP contribution in [0.4, 0.5) is 16.2 Å². The highest BCUT2D eigenvalue weighted by Crippen LogP contribution is 2.33. The average molecular weight is 475 g/mol. The Kier molecular flexibility index (Phi) is 6.46. The average Bonchev–Trinajstić information content (AvgIpc) is 3.22. The van der Waals surface area contributed by atoms with Crippen molar-refractivity contribution >= 4 is 28.4 Å². The van der Waals surface area contributed by atoms with Gasteiger partial charge in [0.15, 0.2) is 0 Å². The van der Waals surface area contributed by atoms with Gasteiger partial charge in [-0.3, -0.25) is 25.1 Å². The minimum atomic E-state index is -0.781. The Balaban J connectivity index is 1.72. The molecule has 0 bridgehead atoms. The molecule has 1 N–H and O–H groups in total. The van der Waals surface area contributed by atoms with E-state index in [4.69, 9.17) is 4.74 Å². The number of aromatic nitrogens is 4. The fraction of sp³-hybridized carbons (Fsp3) is 0.280. The molecule has 0 aliphatic rings. The summed E-state index contributed by atoms with van der Waals surface area (Å²) < 4.78 is 6.93. The van der Waals surface area contributed by atoms with Crippen LogP contribution in [-0.2, 0) is 24.6 Å². The van der Waals surface area contributed by atoms with Crippen molar-refractivity contribution in [2.75, 3.05) is 5.32 Å². The van der Waals surface area contributed by atoms with Gasteiger partial charge in [-0.25, -0.2) is 9.78 Å². The quantitative estimate of drug-likeness (QED) is 0.305. The Morgan fingerprint density at radius 2 is 2.00 bits per heavy atom. The molecule has 0 spiro atoms. The molecule has 1 amide bonds. The summed E-state index contributed by atoms with van der Waals surface area (Å²) in [7, 11) is 1.77. The van der Waals surface area contributed by atoms with Gasteiger partial charge in [0.2, 0.25) is 0 Å². The zero-order chi connectivity index (χ0) is 25.2. The topological polar surface area (TPSA) is 125 Å². The number of nitro groups is 1. The van der Waals surface area contributed by atoms with Crippen LogP contribution >= 0.6 is 0 Å². The fourth-order valence-corrected chi connectivity index (χ4v) is 3.72. The van der Waals surface area contributed by atoms with Gasteiger partial charge in [-0.05, 0) is 57.0 Å². The summed E-state index contributed by atoms with van der Waals surface area (Å²) in [5, 5.41) is 19.8. The first-order valence-corrected chi connectivity index (χ1v) is 11.1. The molecule has 3 heterocycles. The predicted octanol–water partition coefficient (Wildman–Crippen LogP) is 5.07. The molecule has 1 aromatic carbocycles. The highest BCUT2D eigenvalue weighted by molar-refractivity contribution is 5.89. The van der Waals surface area contributed by atoms with E-state index in [1.807, 2.05) is 30.3 Å². The normalized spacial score (nSPS) is 11.4. The van der Waals surface area contributed by atoms with Crippen LogP contribution in [-0.4, -0.2) is 36.4 Å². The summed E-state index contributed by atoms with van der Waals surface area (Å²) in [6.45, 7) is 5.16. The molecule has 10 nitrogen and oxygen atoms in total. The van der Waals surface area contributed by atoms with E-state index in [9.17, 15) is 14.9 Å². The largest absolute Gasteiger partial charge is 0.444 e. The number of carbonyl (C=O) groups is 1. The van der Waals surface area contributed by atoms with Crippen molar-refractivity contribution in [3.05, 3.63) is 76.4 Å². The number of carbonyl (C=O) groups excluding carboxylic acids is 1. The minimum Gasteiger partial charge on any atom is -0.444 e. The molecule has 0 saturated carbocycles. The maximum absolute atomic E-state index is 12.5. The van der Waals surface area contributed by atoms with Gasteiger partial charge >= 0.3 is 11.8 Å². The smallest absolute Gasteiger partial charge is 0.412 e. The molecule has 0 radical (unpaired) electrons. The van der Waals surface area contributed by atoms with Crippen LogP contribution in [0.5, 0.6) is 0 Å². The van der Waals surface area contributed by atoms with Crippen LogP contribution < -0.4 is 5.32 Å². The molecule has 180 valence electrons. The number of pyridine rings is 2. The SMILES string of the molecule is Cn1cc(-c2cc(NC(=O)OC(C)(C)C)c([N+](=O)[O-])c(CCc3ccc4ncccc4c3)n2)cn1.